The first-order valence-electron chi connectivity index (χ1n) is 6.68. The molecule has 0 saturated carbocycles. The van der Waals surface area contributed by atoms with E-state index < -0.39 is 5.41 Å². The van der Waals surface area contributed by atoms with Crippen LogP contribution in [0.25, 0.3) is 0 Å². The highest BCUT2D eigenvalue weighted by molar-refractivity contribution is 8.00. The van der Waals surface area contributed by atoms with Gasteiger partial charge in [0.2, 0.25) is 11.0 Å². The van der Waals surface area contributed by atoms with Gasteiger partial charge < -0.3 is 5.32 Å². The number of aryl methyl sites for hydroxylation is 1. The van der Waals surface area contributed by atoms with Crippen LogP contribution in [-0.2, 0) is 10.5 Å². The fourth-order valence-corrected chi connectivity index (χ4v) is 3.14. The van der Waals surface area contributed by atoms with Gasteiger partial charge in [0.25, 0.3) is 0 Å². The predicted molar refractivity (Wildman–Crippen MR) is 88.7 cm³/mol. The molecule has 21 heavy (non-hydrogen) atoms. The first-order valence-corrected chi connectivity index (χ1v) is 8.48. The normalized spacial score (nSPS) is 11.4. The molecule has 2 rings (SSSR count). The van der Waals surface area contributed by atoms with Crippen LogP contribution in [-0.4, -0.2) is 16.1 Å². The van der Waals surface area contributed by atoms with Gasteiger partial charge in [-0.3, -0.25) is 4.79 Å². The van der Waals surface area contributed by atoms with Crippen molar-refractivity contribution >= 4 is 34.1 Å². The summed E-state index contributed by atoms with van der Waals surface area (Å²) in [5, 5.41) is 11.5. The van der Waals surface area contributed by atoms with Gasteiger partial charge >= 0.3 is 0 Å². The number of amides is 1. The smallest absolute Gasteiger partial charge is 0.231 e. The van der Waals surface area contributed by atoms with E-state index in [1.807, 2.05) is 20.8 Å². The minimum Gasteiger partial charge on any atom is -0.300 e. The van der Waals surface area contributed by atoms with Gasteiger partial charge in [-0.05, 0) is 12.5 Å². The summed E-state index contributed by atoms with van der Waals surface area (Å²) in [6.07, 6.45) is 0. The van der Waals surface area contributed by atoms with Crippen molar-refractivity contribution < 1.29 is 4.79 Å². The molecule has 2 aromatic rings. The molecule has 0 unspecified atom stereocenters. The monoisotopic (exact) mass is 321 g/mol. The van der Waals surface area contributed by atoms with Crippen LogP contribution >= 0.6 is 23.1 Å². The second-order valence-corrected chi connectivity index (χ2v) is 8.05. The quantitative estimate of drug-likeness (QED) is 0.680. The fraction of sp³-hybridized carbons (Fsp3) is 0.400. The van der Waals surface area contributed by atoms with Gasteiger partial charge in [-0.1, -0.05) is 73.7 Å². The van der Waals surface area contributed by atoms with Crippen molar-refractivity contribution in [2.75, 3.05) is 5.32 Å². The average molecular weight is 321 g/mol. The number of hydrogen-bond donors (Lipinski definition) is 1. The maximum Gasteiger partial charge on any atom is 0.231 e. The van der Waals surface area contributed by atoms with Gasteiger partial charge in [-0.2, -0.15) is 0 Å². The molecule has 4 nitrogen and oxygen atoms in total. The van der Waals surface area contributed by atoms with Gasteiger partial charge in [0.05, 0.1) is 0 Å². The number of thioether (sulfide) groups is 1. The average Bonchev–Trinajstić information content (AvgIpc) is 2.85. The number of rotatable bonds is 4. The van der Waals surface area contributed by atoms with Gasteiger partial charge in [0.1, 0.15) is 0 Å². The first kappa shape index (κ1) is 16.0. The molecule has 112 valence electrons. The van der Waals surface area contributed by atoms with Crippen molar-refractivity contribution in [2.24, 2.45) is 5.41 Å². The van der Waals surface area contributed by atoms with Crippen molar-refractivity contribution in [3.8, 4) is 0 Å². The summed E-state index contributed by atoms with van der Waals surface area (Å²) in [7, 11) is 0. The van der Waals surface area contributed by atoms with Gasteiger partial charge in [0.15, 0.2) is 4.34 Å². The lowest BCUT2D eigenvalue weighted by molar-refractivity contribution is -0.123. The molecule has 0 aliphatic heterocycles. The van der Waals surface area contributed by atoms with Crippen LogP contribution in [0.1, 0.15) is 31.9 Å². The van der Waals surface area contributed by atoms with Gasteiger partial charge in [0, 0.05) is 11.2 Å². The summed E-state index contributed by atoms with van der Waals surface area (Å²) < 4.78 is 0.861. The molecule has 0 aliphatic rings. The number of nitrogens with one attached hydrogen (secondary N) is 1. The molecule has 0 bridgehead atoms. The molecule has 0 fully saturated rings. The molecule has 1 N–H and O–H groups in total. The molecule has 0 radical (unpaired) electrons. The number of anilines is 1. The van der Waals surface area contributed by atoms with Crippen LogP contribution in [0, 0.1) is 12.3 Å². The Hall–Kier alpha value is -1.40. The minimum atomic E-state index is -0.430. The maximum atomic E-state index is 11.9. The third kappa shape index (κ3) is 4.82. The number of aromatic nitrogens is 2. The van der Waals surface area contributed by atoms with E-state index in [0.29, 0.717) is 5.13 Å². The lowest BCUT2D eigenvalue weighted by Gasteiger charge is -2.15. The first-order chi connectivity index (χ1) is 9.84. The van der Waals surface area contributed by atoms with Gasteiger partial charge in [-0.25, -0.2) is 0 Å². The number of carbonyl (C=O) groups is 1. The van der Waals surface area contributed by atoms with Crippen LogP contribution < -0.4 is 5.32 Å². The summed E-state index contributed by atoms with van der Waals surface area (Å²) in [6, 6.07) is 8.44. The number of benzene rings is 1. The van der Waals surface area contributed by atoms with Crippen LogP contribution in [0.5, 0.6) is 0 Å². The number of nitrogens with zero attached hydrogens (tertiary/aromatic N) is 2. The van der Waals surface area contributed by atoms with Crippen LogP contribution in [0.3, 0.4) is 0 Å². The number of hydrogen-bond acceptors (Lipinski definition) is 5. The van der Waals surface area contributed by atoms with Crippen molar-refractivity contribution in [2.45, 2.75) is 37.8 Å². The van der Waals surface area contributed by atoms with E-state index in [0.717, 1.165) is 10.1 Å². The van der Waals surface area contributed by atoms with E-state index in [2.05, 4.69) is 46.7 Å². The summed E-state index contributed by atoms with van der Waals surface area (Å²) >= 11 is 3.04. The summed E-state index contributed by atoms with van der Waals surface area (Å²) in [5.41, 5.74) is 2.08. The molecule has 0 aliphatic carbocycles. The van der Waals surface area contributed by atoms with E-state index in [-0.39, 0.29) is 5.91 Å². The van der Waals surface area contributed by atoms with Crippen molar-refractivity contribution in [1.82, 2.24) is 10.2 Å². The lowest BCUT2D eigenvalue weighted by atomic mass is 9.96. The van der Waals surface area contributed by atoms with E-state index in [9.17, 15) is 4.79 Å². The second kappa shape index (κ2) is 6.58. The Kier molecular flexibility index (Phi) is 5.00. The van der Waals surface area contributed by atoms with Crippen LogP contribution in [0.2, 0.25) is 0 Å². The Balaban J connectivity index is 1.91. The van der Waals surface area contributed by atoms with Crippen LogP contribution in [0.4, 0.5) is 5.13 Å². The van der Waals surface area contributed by atoms with Gasteiger partial charge in [-0.15, -0.1) is 10.2 Å². The lowest BCUT2D eigenvalue weighted by Crippen LogP contribution is -2.27. The standard InChI is InChI=1S/C15H19N3OS2/c1-10-5-7-11(8-6-10)9-20-14-18-17-13(21-14)16-12(19)15(2,3)4/h5-8H,9H2,1-4H3,(H,16,17,19). The zero-order valence-corrected chi connectivity index (χ0v) is 14.3. The Morgan fingerprint density at radius 1 is 1.24 bits per heavy atom. The van der Waals surface area contributed by atoms with Crippen molar-refractivity contribution in [1.29, 1.82) is 0 Å². The maximum absolute atomic E-state index is 11.9. The summed E-state index contributed by atoms with van der Waals surface area (Å²) in [4.78, 5) is 11.9. The number of carbonyl (C=O) groups excluding carboxylic acids is 1. The topological polar surface area (TPSA) is 54.9 Å². The Labute approximate surface area is 133 Å². The molecule has 1 aromatic heterocycles. The van der Waals surface area contributed by atoms with Crippen LogP contribution in [0.15, 0.2) is 28.6 Å². The molecular weight excluding hydrogens is 302 g/mol. The summed E-state index contributed by atoms with van der Waals surface area (Å²) in [5.74, 6) is 0.802. The Bertz CT molecular complexity index is 615. The highest BCUT2D eigenvalue weighted by Crippen LogP contribution is 2.29. The molecule has 6 heteroatoms. The third-order valence-electron chi connectivity index (χ3n) is 2.79. The highest BCUT2D eigenvalue weighted by Gasteiger charge is 2.22. The third-order valence-corrected chi connectivity index (χ3v) is 4.83. The molecule has 0 spiro atoms. The second-order valence-electron chi connectivity index (χ2n) is 5.85. The largest absolute Gasteiger partial charge is 0.300 e. The zero-order valence-electron chi connectivity index (χ0n) is 12.6. The minimum absolute atomic E-state index is 0.0475. The molecule has 0 saturated heterocycles. The van der Waals surface area contributed by atoms with E-state index in [4.69, 9.17) is 0 Å². The Morgan fingerprint density at radius 2 is 1.90 bits per heavy atom. The zero-order chi connectivity index (χ0) is 15.5. The van der Waals surface area contributed by atoms with E-state index >= 15 is 0 Å². The summed E-state index contributed by atoms with van der Waals surface area (Å²) in [6.45, 7) is 7.69. The van der Waals surface area contributed by atoms with E-state index in [1.54, 1.807) is 11.8 Å². The Morgan fingerprint density at radius 3 is 2.52 bits per heavy atom. The van der Waals surface area contributed by atoms with Crippen molar-refractivity contribution in [3.05, 3.63) is 35.4 Å². The van der Waals surface area contributed by atoms with Crippen molar-refractivity contribution in [3.63, 3.8) is 0 Å². The molecule has 1 amide bonds. The molecular formula is C15H19N3OS2. The SMILES string of the molecule is Cc1ccc(CSc2nnc(NC(=O)C(C)(C)C)s2)cc1. The molecule has 1 heterocycles. The predicted octanol–water partition coefficient (Wildman–Crippen LogP) is 4.12. The molecule has 0 atom stereocenters. The van der Waals surface area contributed by atoms with E-state index in [1.165, 1.54) is 22.5 Å². The molecule has 1 aromatic carbocycles. The highest BCUT2D eigenvalue weighted by atomic mass is 32.2. The fourth-order valence-electron chi connectivity index (χ4n) is 1.43.